The van der Waals surface area contributed by atoms with E-state index in [9.17, 15) is 0 Å². The normalized spacial score (nSPS) is 10.8. The Morgan fingerprint density at radius 1 is 1.00 bits per heavy atom. The monoisotopic (exact) mass is 353 g/mol. The molecule has 0 aliphatic carbocycles. The highest BCUT2D eigenvalue weighted by Gasteiger charge is 2.09. The highest BCUT2D eigenvalue weighted by molar-refractivity contribution is 6.31. The van der Waals surface area contributed by atoms with Crippen molar-refractivity contribution in [1.82, 2.24) is 15.0 Å². The van der Waals surface area contributed by atoms with E-state index < -0.39 is 0 Å². The predicted octanol–water partition coefficient (Wildman–Crippen LogP) is 5.06. The van der Waals surface area contributed by atoms with Gasteiger partial charge in [0.2, 0.25) is 5.95 Å². The lowest BCUT2D eigenvalue weighted by atomic mass is 10.2. The van der Waals surface area contributed by atoms with Gasteiger partial charge in [-0.2, -0.15) is 4.98 Å². The van der Waals surface area contributed by atoms with Crippen molar-refractivity contribution in [3.8, 4) is 11.3 Å². The molecule has 6 heteroatoms. The Bertz CT molecular complexity index is 865. The van der Waals surface area contributed by atoms with Gasteiger partial charge in [-0.25, -0.2) is 4.98 Å². The van der Waals surface area contributed by atoms with Gasteiger partial charge in [0.1, 0.15) is 5.82 Å². The van der Waals surface area contributed by atoms with Crippen LogP contribution in [-0.2, 0) is 0 Å². The lowest BCUT2D eigenvalue weighted by Gasteiger charge is -2.13. The number of nitrogens with one attached hydrogen (secondary N) is 2. The average molecular weight is 354 g/mol. The number of pyridine rings is 1. The number of anilines is 3. The summed E-state index contributed by atoms with van der Waals surface area (Å²) in [6.45, 7) is 6.08. The molecular weight excluding hydrogens is 334 g/mol. The molecule has 0 atom stereocenters. The number of halogens is 1. The topological polar surface area (TPSA) is 62.7 Å². The molecule has 0 fully saturated rings. The first-order chi connectivity index (χ1) is 12.0. The summed E-state index contributed by atoms with van der Waals surface area (Å²) in [5.41, 5.74) is 3.75. The largest absolute Gasteiger partial charge is 0.352 e. The second kappa shape index (κ2) is 7.49. The van der Waals surface area contributed by atoms with Gasteiger partial charge >= 0.3 is 0 Å². The van der Waals surface area contributed by atoms with Crippen molar-refractivity contribution in [1.29, 1.82) is 0 Å². The maximum absolute atomic E-state index is 6.10. The van der Waals surface area contributed by atoms with Gasteiger partial charge in [-0.05, 0) is 56.7 Å². The Kier molecular flexibility index (Phi) is 5.14. The number of hydrogen-bond donors (Lipinski definition) is 2. The first kappa shape index (κ1) is 17.2. The fourth-order valence-electron chi connectivity index (χ4n) is 2.37. The van der Waals surface area contributed by atoms with Gasteiger partial charge in [0.15, 0.2) is 0 Å². The standard InChI is InChI=1S/C19H20ClN5/c1-12(2)22-19-24-17(14-6-8-21-9-7-14)11-18(25-19)23-15-4-5-16(20)13(3)10-15/h4-12H,1-3H3,(H2,22,23,24,25). The van der Waals surface area contributed by atoms with Crippen molar-refractivity contribution in [3.63, 3.8) is 0 Å². The maximum atomic E-state index is 6.10. The van der Waals surface area contributed by atoms with Gasteiger partial charge < -0.3 is 10.6 Å². The molecule has 0 spiro atoms. The molecule has 25 heavy (non-hydrogen) atoms. The molecule has 0 bridgehead atoms. The third-order valence-corrected chi connectivity index (χ3v) is 3.97. The fourth-order valence-corrected chi connectivity index (χ4v) is 2.49. The molecule has 3 aromatic rings. The first-order valence-electron chi connectivity index (χ1n) is 8.10. The number of nitrogens with zero attached hydrogens (tertiary/aromatic N) is 3. The van der Waals surface area contributed by atoms with Crippen LogP contribution in [0.1, 0.15) is 19.4 Å². The van der Waals surface area contributed by atoms with E-state index in [1.807, 2.05) is 43.3 Å². The first-order valence-corrected chi connectivity index (χ1v) is 8.48. The smallest absolute Gasteiger partial charge is 0.225 e. The number of benzene rings is 1. The van der Waals surface area contributed by atoms with Gasteiger partial charge in [-0.15, -0.1) is 0 Å². The summed E-state index contributed by atoms with van der Waals surface area (Å²) in [5.74, 6) is 1.30. The zero-order valence-corrected chi connectivity index (χ0v) is 15.2. The van der Waals surface area contributed by atoms with Gasteiger partial charge in [-0.1, -0.05) is 11.6 Å². The Morgan fingerprint density at radius 3 is 2.44 bits per heavy atom. The second-order valence-corrected chi connectivity index (χ2v) is 6.49. The second-order valence-electron chi connectivity index (χ2n) is 6.09. The third-order valence-electron chi connectivity index (χ3n) is 3.55. The summed E-state index contributed by atoms with van der Waals surface area (Å²) >= 11 is 6.10. The van der Waals surface area contributed by atoms with E-state index in [1.54, 1.807) is 12.4 Å². The molecular formula is C19H20ClN5. The van der Waals surface area contributed by atoms with Crippen molar-refractivity contribution in [2.75, 3.05) is 10.6 Å². The molecule has 5 nitrogen and oxygen atoms in total. The van der Waals surface area contributed by atoms with Crippen LogP contribution in [0.25, 0.3) is 11.3 Å². The lowest BCUT2D eigenvalue weighted by Crippen LogP contribution is -2.13. The predicted molar refractivity (Wildman–Crippen MR) is 103 cm³/mol. The molecule has 0 aliphatic rings. The Labute approximate surface area is 152 Å². The van der Waals surface area contributed by atoms with Gasteiger partial charge in [0.25, 0.3) is 0 Å². The molecule has 0 saturated carbocycles. The molecule has 2 N–H and O–H groups in total. The minimum atomic E-state index is 0.235. The summed E-state index contributed by atoms with van der Waals surface area (Å²) < 4.78 is 0. The summed E-state index contributed by atoms with van der Waals surface area (Å²) in [4.78, 5) is 13.2. The SMILES string of the molecule is Cc1cc(Nc2cc(-c3ccncc3)nc(NC(C)C)n2)ccc1Cl. The third kappa shape index (κ3) is 4.45. The molecule has 0 aliphatic heterocycles. The van der Waals surface area contributed by atoms with E-state index in [1.165, 1.54) is 0 Å². The molecule has 0 saturated heterocycles. The summed E-state index contributed by atoms with van der Waals surface area (Å²) in [7, 11) is 0. The quantitative estimate of drug-likeness (QED) is 0.671. The molecule has 0 amide bonds. The zero-order chi connectivity index (χ0) is 17.8. The van der Waals surface area contributed by atoms with E-state index in [-0.39, 0.29) is 6.04 Å². The highest BCUT2D eigenvalue weighted by atomic mass is 35.5. The van der Waals surface area contributed by atoms with E-state index in [0.717, 1.165) is 27.5 Å². The number of aryl methyl sites for hydroxylation is 1. The van der Waals surface area contributed by atoms with Crippen molar-refractivity contribution in [2.24, 2.45) is 0 Å². The van der Waals surface area contributed by atoms with Gasteiger partial charge in [0.05, 0.1) is 5.69 Å². The van der Waals surface area contributed by atoms with Crippen molar-refractivity contribution in [2.45, 2.75) is 26.8 Å². The van der Waals surface area contributed by atoms with Crippen LogP contribution in [0.15, 0.2) is 48.8 Å². The maximum Gasteiger partial charge on any atom is 0.225 e. The van der Waals surface area contributed by atoms with E-state index in [2.05, 4.69) is 39.4 Å². The molecule has 0 radical (unpaired) electrons. The van der Waals surface area contributed by atoms with Crippen LogP contribution < -0.4 is 10.6 Å². The summed E-state index contributed by atoms with van der Waals surface area (Å²) in [5, 5.41) is 7.34. The minimum Gasteiger partial charge on any atom is -0.352 e. The van der Waals surface area contributed by atoms with Crippen LogP contribution in [-0.4, -0.2) is 21.0 Å². The van der Waals surface area contributed by atoms with Gasteiger partial charge in [-0.3, -0.25) is 4.98 Å². The van der Waals surface area contributed by atoms with Crippen LogP contribution in [0.3, 0.4) is 0 Å². The highest BCUT2D eigenvalue weighted by Crippen LogP contribution is 2.25. The minimum absolute atomic E-state index is 0.235. The number of aromatic nitrogens is 3. The van der Waals surface area contributed by atoms with E-state index in [0.29, 0.717) is 11.8 Å². The Morgan fingerprint density at radius 2 is 1.76 bits per heavy atom. The molecule has 2 heterocycles. The Balaban J connectivity index is 1.98. The number of rotatable bonds is 5. The fraction of sp³-hybridized carbons (Fsp3) is 0.211. The number of hydrogen-bond acceptors (Lipinski definition) is 5. The van der Waals surface area contributed by atoms with Crippen molar-refractivity contribution < 1.29 is 0 Å². The van der Waals surface area contributed by atoms with Crippen LogP contribution in [0, 0.1) is 6.92 Å². The van der Waals surface area contributed by atoms with E-state index in [4.69, 9.17) is 11.6 Å². The molecule has 2 aromatic heterocycles. The van der Waals surface area contributed by atoms with Gasteiger partial charge in [0, 0.05) is 40.8 Å². The van der Waals surface area contributed by atoms with Crippen LogP contribution >= 0.6 is 11.6 Å². The molecule has 0 unspecified atom stereocenters. The van der Waals surface area contributed by atoms with Crippen LogP contribution in [0.5, 0.6) is 0 Å². The molecule has 128 valence electrons. The van der Waals surface area contributed by atoms with Crippen molar-refractivity contribution >= 4 is 29.1 Å². The summed E-state index contributed by atoms with van der Waals surface area (Å²) in [6, 6.07) is 11.8. The summed E-state index contributed by atoms with van der Waals surface area (Å²) in [6.07, 6.45) is 3.51. The zero-order valence-electron chi connectivity index (χ0n) is 14.4. The average Bonchev–Trinajstić information content (AvgIpc) is 2.58. The van der Waals surface area contributed by atoms with Crippen molar-refractivity contribution in [3.05, 3.63) is 59.4 Å². The van der Waals surface area contributed by atoms with Crippen LogP contribution in [0.2, 0.25) is 5.02 Å². The Hall–Kier alpha value is -2.66. The molecule has 1 aromatic carbocycles. The lowest BCUT2D eigenvalue weighted by molar-refractivity contribution is 0.876. The van der Waals surface area contributed by atoms with Crippen LogP contribution in [0.4, 0.5) is 17.5 Å². The van der Waals surface area contributed by atoms with E-state index >= 15 is 0 Å². The molecule has 3 rings (SSSR count).